The molecule has 2 unspecified atom stereocenters. The average Bonchev–Trinajstić information content (AvgIpc) is 2.21. The van der Waals surface area contributed by atoms with Gasteiger partial charge in [0, 0.05) is 10.2 Å². The van der Waals surface area contributed by atoms with Gasteiger partial charge in [-0.1, -0.05) is 29.8 Å². The minimum absolute atomic E-state index is 0.147. The number of rotatable bonds is 2. The Morgan fingerprint density at radius 2 is 1.93 bits per heavy atom. The minimum Gasteiger partial charge on any atom is -0.490 e. The summed E-state index contributed by atoms with van der Waals surface area (Å²) in [6, 6.07) is 6.19. The first-order valence-corrected chi connectivity index (χ1v) is 5.98. The van der Waals surface area contributed by atoms with Crippen LogP contribution in [0.1, 0.15) is 20.3 Å². The van der Waals surface area contributed by atoms with E-state index in [1.54, 1.807) is 12.1 Å². The molecule has 0 heterocycles. The molecule has 0 saturated heterocycles. The fraction of sp³-hybridized carbons (Fsp3) is 0.500. The summed E-state index contributed by atoms with van der Waals surface area (Å²) < 4.78 is 18.5. The molecule has 0 aromatic heterocycles. The van der Waals surface area contributed by atoms with Crippen LogP contribution in [-0.2, 0) is 0 Å². The van der Waals surface area contributed by atoms with E-state index < -0.39 is 0 Å². The maximum atomic E-state index is 12.7. The normalized spacial score (nSPS) is 28.3. The molecule has 0 bridgehead atoms. The third kappa shape index (κ3) is 2.03. The average molecular weight is 273 g/mol. The van der Waals surface area contributed by atoms with Gasteiger partial charge in [-0.25, -0.2) is 4.39 Å². The molecule has 0 spiro atoms. The monoisotopic (exact) mass is 272 g/mol. The van der Waals surface area contributed by atoms with E-state index in [1.165, 1.54) is 12.1 Å². The van der Waals surface area contributed by atoms with Crippen molar-refractivity contribution in [3.05, 3.63) is 30.1 Å². The van der Waals surface area contributed by atoms with Gasteiger partial charge in [-0.2, -0.15) is 0 Å². The lowest BCUT2D eigenvalue weighted by molar-refractivity contribution is -0.00783. The lowest BCUT2D eigenvalue weighted by Crippen LogP contribution is -2.53. The van der Waals surface area contributed by atoms with Gasteiger partial charge in [0.25, 0.3) is 0 Å². The van der Waals surface area contributed by atoms with Crippen molar-refractivity contribution < 1.29 is 9.13 Å². The fourth-order valence-electron chi connectivity index (χ4n) is 1.71. The molecule has 15 heavy (non-hydrogen) atoms. The van der Waals surface area contributed by atoms with Crippen LogP contribution in [0.25, 0.3) is 0 Å². The van der Waals surface area contributed by atoms with Crippen molar-refractivity contribution in [2.75, 3.05) is 0 Å². The van der Waals surface area contributed by atoms with Crippen LogP contribution in [0.15, 0.2) is 24.3 Å². The highest BCUT2D eigenvalue weighted by Crippen LogP contribution is 2.47. The van der Waals surface area contributed by atoms with E-state index >= 15 is 0 Å². The Balaban J connectivity index is 2.02. The lowest BCUT2D eigenvalue weighted by Gasteiger charge is -2.48. The maximum absolute atomic E-state index is 12.7. The summed E-state index contributed by atoms with van der Waals surface area (Å²) in [5.41, 5.74) is 0.147. The highest BCUT2D eigenvalue weighted by Gasteiger charge is 2.48. The van der Waals surface area contributed by atoms with Gasteiger partial charge in [0.05, 0.1) is 0 Å². The van der Waals surface area contributed by atoms with Crippen LogP contribution in [-0.4, -0.2) is 10.9 Å². The summed E-state index contributed by atoms with van der Waals surface area (Å²) in [4.78, 5) is 0.510. The molecule has 1 aromatic carbocycles. The summed E-state index contributed by atoms with van der Waals surface area (Å²) in [5, 5.41) is 0. The summed E-state index contributed by atoms with van der Waals surface area (Å²) in [6.45, 7) is 4.34. The number of ether oxygens (including phenoxy) is 1. The highest BCUT2D eigenvalue weighted by atomic mass is 79.9. The van der Waals surface area contributed by atoms with Crippen LogP contribution in [0.2, 0.25) is 0 Å². The molecular weight excluding hydrogens is 259 g/mol. The van der Waals surface area contributed by atoms with Crippen LogP contribution < -0.4 is 4.74 Å². The Labute approximate surface area is 97.8 Å². The number of hydrogen-bond acceptors (Lipinski definition) is 1. The maximum Gasteiger partial charge on any atom is 0.123 e. The molecule has 0 radical (unpaired) electrons. The molecule has 3 heteroatoms. The van der Waals surface area contributed by atoms with Crippen LogP contribution in [0.5, 0.6) is 5.75 Å². The standard InChI is InChI=1S/C12H14BrFO/c1-12(2)10(13)7-11(12)15-9-5-3-8(14)4-6-9/h3-6,10-11H,7H2,1-2H3. The van der Waals surface area contributed by atoms with Gasteiger partial charge in [-0.3, -0.25) is 0 Å². The highest BCUT2D eigenvalue weighted by molar-refractivity contribution is 9.09. The fourth-order valence-corrected chi connectivity index (χ4v) is 2.35. The largest absolute Gasteiger partial charge is 0.490 e. The van der Waals surface area contributed by atoms with Gasteiger partial charge in [0.1, 0.15) is 17.7 Å². The van der Waals surface area contributed by atoms with Gasteiger partial charge < -0.3 is 4.74 Å². The Morgan fingerprint density at radius 3 is 2.40 bits per heavy atom. The first-order chi connectivity index (χ1) is 7.00. The zero-order valence-electron chi connectivity index (χ0n) is 8.84. The second-order valence-corrected chi connectivity index (χ2v) is 5.69. The zero-order chi connectivity index (χ0) is 11.1. The number of halogens is 2. The topological polar surface area (TPSA) is 9.23 Å². The molecule has 1 nitrogen and oxygen atoms in total. The van der Waals surface area contributed by atoms with Crippen LogP contribution in [0, 0.1) is 11.2 Å². The van der Waals surface area contributed by atoms with E-state index in [1.807, 2.05) is 0 Å². The van der Waals surface area contributed by atoms with Crippen molar-refractivity contribution in [1.82, 2.24) is 0 Å². The van der Waals surface area contributed by atoms with E-state index in [4.69, 9.17) is 4.74 Å². The van der Waals surface area contributed by atoms with Crippen molar-refractivity contribution in [3.63, 3.8) is 0 Å². The second-order valence-electron chi connectivity index (χ2n) is 4.59. The van der Waals surface area contributed by atoms with Crippen molar-refractivity contribution in [3.8, 4) is 5.75 Å². The van der Waals surface area contributed by atoms with Crippen molar-refractivity contribution in [1.29, 1.82) is 0 Å². The number of benzene rings is 1. The molecule has 0 amide bonds. The van der Waals surface area contributed by atoms with Gasteiger partial charge in [0.15, 0.2) is 0 Å². The van der Waals surface area contributed by atoms with E-state index in [0.29, 0.717) is 4.83 Å². The number of hydrogen-bond donors (Lipinski definition) is 0. The van der Waals surface area contributed by atoms with E-state index in [-0.39, 0.29) is 17.3 Å². The van der Waals surface area contributed by atoms with Crippen LogP contribution in [0.4, 0.5) is 4.39 Å². The molecule has 82 valence electrons. The van der Waals surface area contributed by atoms with E-state index in [2.05, 4.69) is 29.8 Å². The van der Waals surface area contributed by atoms with Crippen molar-refractivity contribution in [2.45, 2.75) is 31.2 Å². The molecule has 2 atom stereocenters. The minimum atomic E-state index is -0.228. The molecule has 2 rings (SSSR count). The smallest absolute Gasteiger partial charge is 0.123 e. The molecule has 1 aliphatic rings. The second kappa shape index (κ2) is 3.78. The first kappa shape index (κ1) is 10.9. The summed E-state index contributed by atoms with van der Waals surface area (Å²) in [7, 11) is 0. The Morgan fingerprint density at radius 1 is 1.33 bits per heavy atom. The molecule has 0 aliphatic heterocycles. The Kier molecular flexibility index (Phi) is 2.75. The summed E-state index contributed by atoms with van der Waals surface area (Å²) >= 11 is 3.61. The van der Waals surface area contributed by atoms with Gasteiger partial charge >= 0.3 is 0 Å². The van der Waals surface area contributed by atoms with Gasteiger partial charge in [-0.05, 0) is 30.7 Å². The van der Waals surface area contributed by atoms with Crippen LogP contribution >= 0.6 is 15.9 Å². The lowest BCUT2D eigenvalue weighted by atomic mass is 9.69. The van der Waals surface area contributed by atoms with Gasteiger partial charge in [-0.15, -0.1) is 0 Å². The summed E-state index contributed by atoms with van der Waals surface area (Å²) in [6.07, 6.45) is 1.22. The molecule has 1 aromatic rings. The molecule has 1 aliphatic carbocycles. The first-order valence-electron chi connectivity index (χ1n) is 5.06. The summed E-state index contributed by atoms with van der Waals surface area (Å²) in [5.74, 6) is 0.516. The SMILES string of the molecule is CC1(C)C(Br)CC1Oc1ccc(F)cc1. The zero-order valence-corrected chi connectivity index (χ0v) is 10.4. The third-order valence-electron chi connectivity index (χ3n) is 3.15. The van der Waals surface area contributed by atoms with Crippen molar-refractivity contribution in [2.24, 2.45) is 5.41 Å². The molecule has 0 N–H and O–H groups in total. The number of alkyl halides is 1. The molecular formula is C12H14BrFO. The van der Waals surface area contributed by atoms with Crippen molar-refractivity contribution >= 4 is 15.9 Å². The predicted molar refractivity (Wildman–Crippen MR) is 61.9 cm³/mol. The van der Waals surface area contributed by atoms with Gasteiger partial charge in [0.2, 0.25) is 0 Å². The Hall–Kier alpha value is -0.570. The molecule has 1 saturated carbocycles. The molecule has 1 fully saturated rings. The van der Waals surface area contributed by atoms with Crippen LogP contribution in [0.3, 0.4) is 0 Å². The van der Waals surface area contributed by atoms with E-state index in [9.17, 15) is 4.39 Å². The predicted octanol–water partition coefficient (Wildman–Crippen LogP) is 3.77. The van der Waals surface area contributed by atoms with E-state index in [0.717, 1.165) is 12.2 Å². The third-order valence-corrected chi connectivity index (χ3v) is 4.70. The Bertz CT molecular complexity index is 347. The quantitative estimate of drug-likeness (QED) is 0.745.